The average Bonchev–Trinajstić information content (AvgIpc) is 2.47. The van der Waals surface area contributed by atoms with Gasteiger partial charge in [0.05, 0.1) is 12.7 Å². The Hall–Kier alpha value is -1.28. The fourth-order valence-corrected chi connectivity index (χ4v) is 2.48. The van der Waals surface area contributed by atoms with E-state index >= 15 is 0 Å². The van der Waals surface area contributed by atoms with Gasteiger partial charge in [-0.25, -0.2) is 4.79 Å². The van der Waals surface area contributed by atoms with Gasteiger partial charge in [-0.15, -0.1) is 6.58 Å². The van der Waals surface area contributed by atoms with Crippen molar-refractivity contribution in [1.82, 2.24) is 0 Å². The van der Waals surface area contributed by atoms with Gasteiger partial charge in [-0.05, 0) is 43.5 Å². The number of unbranched alkanes of at least 4 members (excludes halogenated alkanes) is 1. The van der Waals surface area contributed by atoms with E-state index in [9.17, 15) is 4.79 Å². The first kappa shape index (κ1) is 16.8. The number of ether oxygens (including phenoxy) is 1. The van der Waals surface area contributed by atoms with Crippen LogP contribution in [0, 0.1) is 11.8 Å². The summed E-state index contributed by atoms with van der Waals surface area (Å²) in [6.45, 7) is 3.74. The minimum atomic E-state index is -0.320. The summed E-state index contributed by atoms with van der Waals surface area (Å²) in [5.41, 5.74) is 1.48. The van der Waals surface area contributed by atoms with Crippen LogP contribution < -0.4 is 0 Å². The summed E-state index contributed by atoms with van der Waals surface area (Å²) in [5, 5.41) is 0. The van der Waals surface area contributed by atoms with Crippen LogP contribution in [0.5, 0.6) is 0 Å². The highest BCUT2D eigenvalue weighted by Gasteiger charge is 2.03. The molecule has 106 valence electrons. The Morgan fingerprint density at radius 3 is 2.75 bits per heavy atom. The third-order valence-electron chi connectivity index (χ3n) is 2.78. The lowest BCUT2D eigenvalue weighted by atomic mass is 10.1. The van der Waals surface area contributed by atoms with Crippen molar-refractivity contribution >= 4 is 28.6 Å². The first-order valence-electron chi connectivity index (χ1n) is 6.59. The standard InChI is InChI=1S/C17H19IO2/c1-3-7-16(18)9-6-4-5-8-14-10-12-15(13-11-14)17(19)20-2/h3,10-13,16H,1,4,6-7,9H2,2H3. The van der Waals surface area contributed by atoms with Crippen LogP contribution in [-0.4, -0.2) is 17.0 Å². The molecule has 1 rings (SSSR count). The van der Waals surface area contributed by atoms with Crippen molar-refractivity contribution in [2.45, 2.75) is 29.6 Å². The van der Waals surface area contributed by atoms with E-state index in [0.29, 0.717) is 9.49 Å². The molecule has 0 bridgehead atoms. The van der Waals surface area contributed by atoms with Gasteiger partial charge in [0.25, 0.3) is 0 Å². The largest absolute Gasteiger partial charge is 0.465 e. The first-order chi connectivity index (χ1) is 9.67. The lowest BCUT2D eigenvalue weighted by molar-refractivity contribution is 0.0601. The number of hydrogen-bond acceptors (Lipinski definition) is 2. The third kappa shape index (κ3) is 6.25. The zero-order chi connectivity index (χ0) is 14.8. The molecule has 3 heteroatoms. The molecule has 0 N–H and O–H groups in total. The van der Waals surface area contributed by atoms with Crippen molar-refractivity contribution in [2.24, 2.45) is 0 Å². The number of alkyl halides is 1. The van der Waals surface area contributed by atoms with E-state index in [1.54, 1.807) is 12.1 Å². The Morgan fingerprint density at radius 2 is 2.15 bits per heavy atom. The van der Waals surface area contributed by atoms with Crippen molar-refractivity contribution < 1.29 is 9.53 Å². The van der Waals surface area contributed by atoms with E-state index in [-0.39, 0.29) is 5.97 Å². The monoisotopic (exact) mass is 382 g/mol. The number of rotatable bonds is 6. The Balaban J connectivity index is 2.40. The predicted octanol–water partition coefficient (Wildman–Crippen LogP) is 4.37. The highest BCUT2D eigenvalue weighted by Crippen LogP contribution is 2.14. The number of halogens is 1. The number of carbonyl (C=O) groups is 1. The number of benzene rings is 1. The Kier molecular flexibility index (Phi) is 8.05. The summed E-state index contributed by atoms with van der Waals surface area (Å²) in [6.07, 6.45) is 6.20. The first-order valence-corrected chi connectivity index (χ1v) is 7.84. The number of esters is 1. The summed E-state index contributed by atoms with van der Waals surface area (Å²) < 4.78 is 5.31. The third-order valence-corrected chi connectivity index (χ3v) is 3.91. The lowest BCUT2D eigenvalue weighted by Gasteiger charge is -2.03. The van der Waals surface area contributed by atoms with E-state index in [2.05, 4.69) is 45.7 Å². The van der Waals surface area contributed by atoms with Crippen molar-refractivity contribution in [3.63, 3.8) is 0 Å². The molecule has 0 heterocycles. The normalized spacial score (nSPS) is 11.1. The van der Waals surface area contributed by atoms with Crippen LogP contribution >= 0.6 is 22.6 Å². The molecule has 0 aliphatic rings. The van der Waals surface area contributed by atoms with Gasteiger partial charge in [0, 0.05) is 15.9 Å². The fourth-order valence-electron chi connectivity index (χ4n) is 1.68. The molecular weight excluding hydrogens is 363 g/mol. The summed E-state index contributed by atoms with van der Waals surface area (Å²) in [4.78, 5) is 11.3. The molecule has 0 spiro atoms. The average molecular weight is 382 g/mol. The summed E-state index contributed by atoms with van der Waals surface area (Å²) >= 11 is 2.45. The van der Waals surface area contributed by atoms with E-state index in [1.807, 2.05) is 18.2 Å². The number of allylic oxidation sites excluding steroid dienone is 1. The molecule has 2 nitrogen and oxygen atoms in total. The molecule has 1 atom stereocenters. The molecule has 0 aliphatic heterocycles. The fraction of sp³-hybridized carbons (Fsp3) is 0.353. The van der Waals surface area contributed by atoms with Gasteiger partial charge in [-0.1, -0.05) is 40.5 Å². The number of hydrogen-bond donors (Lipinski definition) is 0. The molecule has 0 saturated heterocycles. The maximum atomic E-state index is 11.3. The Bertz CT molecular complexity index is 494. The van der Waals surface area contributed by atoms with Crippen LogP contribution in [0.2, 0.25) is 0 Å². The van der Waals surface area contributed by atoms with Gasteiger partial charge >= 0.3 is 5.97 Å². The van der Waals surface area contributed by atoms with Gasteiger partial charge in [-0.2, -0.15) is 0 Å². The van der Waals surface area contributed by atoms with Gasteiger partial charge in [0.15, 0.2) is 0 Å². The van der Waals surface area contributed by atoms with Crippen LogP contribution in [0.4, 0.5) is 0 Å². The summed E-state index contributed by atoms with van der Waals surface area (Å²) in [7, 11) is 1.38. The van der Waals surface area contributed by atoms with Crippen molar-refractivity contribution in [3.8, 4) is 11.8 Å². The van der Waals surface area contributed by atoms with E-state index in [1.165, 1.54) is 13.5 Å². The van der Waals surface area contributed by atoms with Crippen LogP contribution in [-0.2, 0) is 4.74 Å². The molecule has 0 aromatic heterocycles. The minimum Gasteiger partial charge on any atom is -0.465 e. The zero-order valence-corrected chi connectivity index (χ0v) is 13.9. The summed E-state index contributed by atoms with van der Waals surface area (Å²) in [6, 6.07) is 7.16. The van der Waals surface area contributed by atoms with Crippen molar-refractivity contribution in [1.29, 1.82) is 0 Å². The van der Waals surface area contributed by atoms with Gasteiger partial charge in [0.2, 0.25) is 0 Å². The molecule has 0 fully saturated rings. The lowest BCUT2D eigenvalue weighted by Crippen LogP contribution is -2.00. The van der Waals surface area contributed by atoms with Gasteiger partial charge < -0.3 is 4.74 Å². The SMILES string of the molecule is C=CCC(I)CCCC#Cc1ccc(C(=O)OC)cc1. The number of carbonyl (C=O) groups excluding carboxylic acids is 1. The van der Waals surface area contributed by atoms with E-state index < -0.39 is 0 Å². The van der Waals surface area contributed by atoms with Crippen molar-refractivity contribution in [3.05, 3.63) is 48.0 Å². The van der Waals surface area contributed by atoms with Crippen LogP contribution in [0.15, 0.2) is 36.9 Å². The maximum absolute atomic E-state index is 11.3. The smallest absolute Gasteiger partial charge is 0.337 e. The highest BCUT2D eigenvalue weighted by molar-refractivity contribution is 14.1. The molecule has 0 aliphatic carbocycles. The second-order valence-electron chi connectivity index (χ2n) is 4.38. The van der Waals surface area contributed by atoms with Gasteiger partial charge in [0.1, 0.15) is 0 Å². The second-order valence-corrected chi connectivity index (χ2v) is 6.15. The predicted molar refractivity (Wildman–Crippen MR) is 91.1 cm³/mol. The van der Waals surface area contributed by atoms with Crippen LogP contribution in [0.3, 0.4) is 0 Å². The molecule has 0 radical (unpaired) electrons. The molecule has 1 aromatic rings. The van der Waals surface area contributed by atoms with E-state index in [4.69, 9.17) is 0 Å². The molecule has 20 heavy (non-hydrogen) atoms. The highest BCUT2D eigenvalue weighted by atomic mass is 127. The zero-order valence-electron chi connectivity index (χ0n) is 11.7. The molecule has 1 unspecified atom stereocenters. The molecule has 0 amide bonds. The van der Waals surface area contributed by atoms with E-state index in [0.717, 1.165) is 24.8 Å². The van der Waals surface area contributed by atoms with Gasteiger partial charge in [-0.3, -0.25) is 0 Å². The maximum Gasteiger partial charge on any atom is 0.337 e. The molecule has 1 aromatic carbocycles. The topological polar surface area (TPSA) is 26.3 Å². The van der Waals surface area contributed by atoms with Crippen molar-refractivity contribution in [2.75, 3.05) is 7.11 Å². The Morgan fingerprint density at radius 1 is 1.45 bits per heavy atom. The molecule has 0 saturated carbocycles. The summed E-state index contributed by atoms with van der Waals surface area (Å²) in [5.74, 6) is 5.96. The quantitative estimate of drug-likeness (QED) is 0.182. The minimum absolute atomic E-state index is 0.320. The van der Waals surface area contributed by atoms with Crippen LogP contribution in [0.1, 0.15) is 41.6 Å². The molecular formula is C17H19IO2. The Labute approximate surface area is 134 Å². The second kappa shape index (κ2) is 9.60. The van der Waals surface area contributed by atoms with Crippen LogP contribution in [0.25, 0.3) is 0 Å². The number of methoxy groups -OCH3 is 1.